The smallest absolute Gasteiger partial charge is 0.267 e. The molecule has 0 heterocycles. The maximum atomic E-state index is 12.2. The molecule has 0 spiro atoms. The Morgan fingerprint density at radius 2 is 1.57 bits per heavy atom. The average molecular weight is 482 g/mol. The van der Waals surface area contributed by atoms with E-state index in [0.29, 0.717) is 16.8 Å². The van der Waals surface area contributed by atoms with E-state index in [-0.39, 0.29) is 26.4 Å². The highest BCUT2D eigenvalue weighted by molar-refractivity contribution is 5.97. The summed E-state index contributed by atoms with van der Waals surface area (Å²) in [6.07, 6.45) is 3.36. The van der Waals surface area contributed by atoms with Gasteiger partial charge < -0.3 is 21.7 Å². The standard InChI is InChI=1S/C25H31N5O4.CH4/c1-2-3-4-15-27-17-23(31)28-21-13-9-19(10-14-21)6-5-18-7-11-20(12-8-18)24(32)29-22(16-26)25(33)30-34;/h7-14,22,27,34H,2-4,15-17,26H2,1H3,(H,28,31)(H,29,32)(H,30,33);1H4/t22-;/m0./s1. The van der Waals surface area contributed by atoms with Crippen molar-refractivity contribution in [2.45, 2.75) is 39.7 Å². The van der Waals surface area contributed by atoms with Gasteiger partial charge in [0, 0.05) is 28.9 Å². The molecule has 0 fully saturated rings. The number of amides is 3. The third-order valence-corrected chi connectivity index (χ3v) is 4.88. The molecule has 35 heavy (non-hydrogen) atoms. The first kappa shape index (κ1) is 29.3. The number of unbranched alkanes of at least 4 members (excludes halogenated alkanes) is 2. The van der Waals surface area contributed by atoms with Crippen LogP contribution in [0.5, 0.6) is 0 Å². The Kier molecular flexibility index (Phi) is 13.4. The van der Waals surface area contributed by atoms with Gasteiger partial charge in [0.25, 0.3) is 11.8 Å². The molecule has 0 saturated carbocycles. The normalized spacial score (nSPS) is 10.7. The van der Waals surface area contributed by atoms with E-state index in [1.54, 1.807) is 36.4 Å². The van der Waals surface area contributed by atoms with Gasteiger partial charge in [-0.15, -0.1) is 0 Å². The summed E-state index contributed by atoms with van der Waals surface area (Å²) < 4.78 is 0. The lowest BCUT2D eigenvalue weighted by Crippen LogP contribution is -2.50. The predicted molar refractivity (Wildman–Crippen MR) is 137 cm³/mol. The first-order valence-electron chi connectivity index (χ1n) is 11.1. The summed E-state index contributed by atoms with van der Waals surface area (Å²) in [5, 5.41) is 17.1. The third-order valence-electron chi connectivity index (χ3n) is 4.88. The minimum Gasteiger partial charge on any atom is -0.339 e. The molecule has 0 aliphatic rings. The minimum atomic E-state index is -1.04. The van der Waals surface area contributed by atoms with Gasteiger partial charge in [0.2, 0.25) is 5.91 Å². The Bertz CT molecular complexity index is 1010. The summed E-state index contributed by atoms with van der Waals surface area (Å²) in [7, 11) is 0. The lowest BCUT2D eigenvalue weighted by atomic mass is 10.1. The SMILES string of the molecule is C.CCCCCNCC(=O)Nc1ccc(C#Cc2ccc(C(=O)N[C@@H](CN)C(=O)NO)cc2)cc1. The zero-order valence-corrected chi connectivity index (χ0v) is 19.2. The van der Waals surface area contributed by atoms with Gasteiger partial charge >= 0.3 is 0 Å². The van der Waals surface area contributed by atoms with E-state index in [0.717, 1.165) is 31.4 Å². The van der Waals surface area contributed by atoms with Crippen LogP contribution in [0.25, 0.3) is 0 Å². The average Bonchev–Trinajstić information content (AvgIpc) is 2.86. The van der Waals surface area contributed by atoms with Crippen molar-refractivity contribution in [2.24, 2.45) is 5.73 Å². The fourth-order valence-electron chi connectivity index (χ4n) is 2.94. The Hall–Kier alpha value is -3.71. The molecular formula is C26H35N5O4. The van der Waals surface area contributed by atoms with E-state index >= 15 is 0 Å². The molecule has 2 aromatic carbocycles. The number of nitrogens with one attached hydrogen (secondary N) is 4. The summed E-state index contributed by atoms with van der Waals surface area (Å²) in [4.78, 5) is 35.6. The molecule has 0 aliphatic heterocycles. The Balaban J connectivity index is 0.00000612. The quantitative estimate of drug-likeness (QED) is 0.125. The van der Waals surface area contributed by atoms with E-state index < -0.39 is 17.9 Å². The van der Waals surface area contributed by atoms with Gasteiger partial charge in [0.05, 0.1) is 6.54 Å². The van der Waals surface area contributed by atoms with Crippen LogP contribution in [0.1, 0.15) is 55.1 Å². The summed E-state index contributed by atoms with van der Waals surface area (Å²) in [5.41, 5.74) is 9.40. The molecule has 0 bridgehead atoms. The molecule has 188 valence electrons. The number of benzene rings is 2. The maximum absolute atomic E-state index is 12.2. The molecule has 9 heteroatoms. The Morgan fingerprint density at radius 3 is 2.11 bits per heavy atom. The second-order valence-electron chi connectivity index (χ2n) is 7.57. The number of hydrogen-bond donors (Lipinski definition) is 6. The summed E-state index contributed by atoms with van der Waals surface area (Å²) in [6, 6.07) is 12.7. The van der Waals surface area contributed by atoms with Crippen LogP contribution < -0.4 is 27.2 Å². The van der Waals surface area contributed by atoms with Crippen LogP contribution >= 0.6 is 0 Å². The lowest BCUT2D eigenvalue weighted by molar-refractivity contribution is -0.130. The Labute approximate surface area is 206 Å². The topological polar surface area (TPSA) is 146 Å². The van der Waals surface area contributed by atoms with Gasteiger partial charge in [-0.3, -0.25) is 19.6 Å². The Morgan fingerprint density at radius 1 is 0.971 bits per heavy atom. The van der Waals surface area contributed by atoms with Crippen molar-refractivity contribution in [3.63, 3.8) is 0 Å². The molecule has 2 rings (SSSR count). The highest BCUT2D eigenvalue weighted by Crippen LogP contribution is 2.09. The van der Waals surface area contributed by atoms with E-state index in [4.69, 9.17) is 10.9 Å². The number of carbonyl (C=O) groups is 3. The van der Waals surface area contributed by atoms with Gasteiger partial charge in [0.1, 0.15) is 6.04 Å². The molecule has 7 N–H and O–H groups in total. The summed E-state index contributed by atoms with van der Waals surface area (Å²) >= 11 is 0. The van der Waals surface area contributed by atoms with Crippen molar-refractivity contribution in [2.75, 3.05) is 25.0 Å². The third kappa shape index (κ3) is 10.4. The number of rotatable bonds is 11. The maximum Gasteiger partial charge on any atom is 0.267 e. The van der Waals surface area contributed by atoms with Gasteiger partial charge in [-0.25, -0.2) is 5.48 Å². The van der Waals surface area contributed by atoms with Crippen molar-refractivity contribution in [3.8, 4) is 11.8 Å². The zero-order valence-electron chi connectivity index (χ0n) is 19.2. The van der Waals surface area contributed by atoms with Crippen molar-refractivity contribution in [3.05, 3.63) is 65.2 Å². The van der Waals surface area contributed by atoms with Crippen LogP contribution in [0.3, 0.4) is 0 Å². The van der Waals surface area contributed by atoms with Crippen molar-refractivity contribution >= 4 is 23.4 Å². The molecule has 9 nitrogen and oxygen atoms in total. The molecule has 3 amide bonds. The molecule has 0 unspecified atom stereocenters. The number of hydrogen-bond acceptors (Lipinski definition) is 6. The monoisotopic (exact) mass is 481 g/mol. The molecule has 2 aromatic rings. The lowest BCUT2D eigenvalue weighted by Gasteiger charge is -2.14. The number of hydroxylamine groups is 1. The van der Waals surface area contributed by atoms with Crippen molar-refractivity contribution in [1.29, 1.82) is 0 Å². The van der Waals surface area contributed by atoms with Crippen LogP contribution in [0.15, 0.2) is 48.5 Å². The molecule has 0 aromatic heterocycles. The van der Waals surface area contributed by atoms with Crippen LogP contribution in [-0.2, 0) is 9.59 Å². The van der Waals surface area contributed by atoms with Gasteiger partial charge in [-0.2, -0.15) is 0 Å². The van der Waals surface area contributed by atoms with Gasteiger partial charge in [0.15, 0.2) is 0 Å². The number of nitrogens with two attached hydrogens (primary N) is 1. The van der Waals surface area contributed by atoms with Crippen molar-refractivity contribution in [1.82, 2.24) is 16.1 Å². The second kappa shape index (κ2) is 16.0. The van der Waals surface area contributed by atoms with Gasteiger partial charge in [-0.05, 0) is 61.5 Å². The molecule has 0 radical (unpaired) electrons. The van der Waals surface area contributed by atoms with Gasteiger partial charge in [-0.1, -0.05) is 39.0 Å². The number of anilines is 1. The van der Waals surface area contributed by atoms with Crippen LogP contribution in [0.4, 0.5) is 5.69 Å². The van der Waals surface area contributed by atoms with E-state index in [9.17, 15) is 14.4 Å². The first-order valence-corrected chi connectivity index (χ1v) is 11.1. The molecule has 0 saturated heterocycles. The van der Waals surface area contributed by atoms with Crippen LogP contribution in [-0.4, -0.2) is 48.6 Å². The van der Waals surface area contributed by atoms with E-state index in [1.165, 1.54) is 5.48 Å². The number of carbonyl (C=O) groups excluding carboxylic acids is 3. The molecule has 1 atom stereocenters. The summed E-state index contributed by atoms with van der Waals surface area (Å²) in [5.74, 6) is 4.68. The molecular weight excluding hydrogens is 446 g/mol. The highest BCUT2D eigenvalue weighted by Gasteiger charge is 2.19. The largest absolute Gasteiger partial charge is 0.339 e. The molecule has 0 aliphatic carbocycles. The van der Waals surface area contributed by atoms with Crippen molar-refractivity contribution < 1.29 is 19.6 Å². The second-order valence-corrected chi connectivity index (χ2v) is 7.57. The first-order chi connectivity index (χ1) is 16.5. The van der Waals surface area contributed by atoms with Crippen LogP contribution in [0, 0.1) is 11.8 Å². The summed E-state index contributed by atoms with van der Waals surface area (Å²) in [6.45, 7) is 3.10. The predicted octanol–water partition coefficient (Wildman–Crippen LogP) is 2.00. The minimum absolute atomic E-state index is 0. The van der Waals surface area contributed by atoms with E-state index in [1.807, 2.05) is 12.1 Å². The van der Waals surface area contributed by atoms with E-state index in [2.05, 4.69) is 34.7 Å². The zero-order chi connectivity index (χ0) is 24.8. The highest BCUT2D eigenvalue weighted by atomic mass is 16.5. The van der Waals surface area contributed by atoms with Crippen LogP contribution in [0.2, 0.25) is 0 Å². The fourth-order valence-corrected chi connectivity index (χ4v) is 2.94. The fraction of sp³-hybridized carbons (Fsp3) is 0.346.